The molecule has 2 heteroatoms. The molecule has 3 unspecified atom stereocenters. The Bertz CT molecular complexity index is 244. The molecule has 0 radical (unpaired) electrons. The van der Waals surface area contributed by atoms with Gasteiger partial charge in [0.15, 0.2) is 0 Å². The van der Waals surface area contributed by atoms with E-state index in [1.807, 2.05) is 0 Å². The molecular formula is C15H30N2. The number of nitrogens with zero attached hydrogens (tertiary/aromatic N) is 1. The van der Waals surface area contributed by atoms with Gasteiger partial charge in [-0.3, -0.25) is 0 Å². The summed E-state index contributed by atoms with van der Waals surface area (Å²) in [6.07, 6.45) is 6.99. The molecular weight excluding hydrogens is 208 g/mol. The Morgan fingerprint density at radius 3 is 2.47 bits per heavy atom. The summed E-state index contributed by atoms with van der Waals surface area (Å²) in [6.45, 7) is 9.88. The van der Waals surface area contributed by atoms with Crippen LogP contribution in [-0.2, 0) is 0 Å². The summed E-state index contributed by atoms with van der Waals surface area (Å²) in [5, 5.41) is 3.47. The lowest BCUT2D eigenvalue weighted by atomic mass is 9.80. The van der Waals surface area contributed by atoms with Crippen molar-refractivity contribution in [2.24, 2.45) is 11.3 Å². The third kappa shape index (κ3) is 3.23. The highest BCUT2D eigenvalue weighted by Crippen LogP contribution is 2.36. The number of nitrogens with one attached hydrogen (secondary N) is 1. The highest BCUT2D eigenvalue weighted by atomic mass is 15.2. The van der Waals surface area contributed by atoms with Crippen LogP contribution >= 0.6 is 0 Å². The third-order valence-corrected chi connectivity index (χ3v) is 5.02. The van der Waals surface area contributed by atoms with E-state index in [1.165, 1.54) is 45.2 Å². The van der Waals surface area contributed by atoms with Crippen LogP contribution in [0.2, 0.25) is 0 Å². The van der Waals surface area contributed by atoms with Gasteiger partial charge in [0.2, 0.25) is 0 Å². The normalized spacial score (nSPS) is 36.4. The third-order valence-electron chi connectivity index (χ3n) is 5.02. The average Bonchev–Trinajstić information content (AvgIpc) is 2.78. The molecule has 100 valence electrons. The SMILES string of the molecule is CNC1CCCC(N2CCC(C(C)(C)C)C2)C1. The van der Waals surface area contributed by atoms with E-state index < -0.39 is 0 Å². The second-order valence-corrected chi connectivity index (χ2v) is 7.15. The van der Waals surface area contributed by atoms with Gasteiger partial charge in [-0.05, 0) is 50.6 Å². The van der Waals surface area contributed by atoms with Crippen LogP contribution in [0.5, 0.6) is 0 Å². The lowest BCUT2D eigenvalue weighted by Crippen LogP contribution is -2.43. The summed E-state index contributed by atoms with van der Waals surface area (Å²) in [4.78, 5) is 2.78. The first-order chi connectivity index (χ1) is 8.00. The summed E-state index contributed by atoms with van der Waals surface area (Å²) >= 11 is 0. The first-order valence-corrected chi connectivity index (χ1v) is 7.42. The summed E-state index contributed by atoms with van der Waals surface area (Å²) in [5.74, 6) is 0.900. The fourth-order valence-electron chi connectivity index (χ4n) is 3.58. The van der Waals surface area contributed by atoms with E-state index in [4.69, 9.17) is 0 Å². The van der Waals surface area contributed by atoms with Crippen LogP contribution in [0.1, 0.15) is 52.9 Å². The fourth-order valence-corrected chi connectivity index (χ4v) is 3.58. The van der Waals surface area contributed by atoms with Crippen LogP contribution in [0.15, 0.2) is 0 Å². The Morgan fingerprint density at radius 2 is 1.88 bits per heavy atom. The maximum absolute atomic E-state index is 3.47. The summed E-state index contributed by atoms with van der Waals surface area (Å²) in [6, 6.07) is 1.62. The van der Waals surface area contributed by atoms with E-state index in [0.717, 1.165) is 18.0 Å². The largest absolute Gasteiger partial charge is 0.317 e. The molecule has 2 fully saturated rings. The fraction of sp³-hybridized carbons (Fsp3) is 1.00. The highest BCUT2D eigenvalue weighted by molar-refractivity contribution is 4.90. The van der Waals surface area contributed by atoms with Crippen molar-refractivity contribution in [3.8, 4) is 0 Å². The molecule has 1 saturated heterocycles. The number of likely N-dealkylation sites (tertiary alicyclic amines) is 1. The van der Waals surface area contributed by atoms with Crippen molar-refractivity contribution in [3.63, 3.8) is 0 Å². The second-order valence-electron chi connectivity index (χ2n) is 7.15. The van der Waals surface area contributed by atoms with Crippen molar-refractivity contribution in [3.05, 3.63) is 0 Å². The molecule has 2 aliphatic rings. The van der Waals surface area contributed by atoms with Gasteiger partial charge in [0, 0.05) is 18.6 Å². The van der Waals surface area contributed by atoms with Gasteiger partial charge in [-0.25, -0.2) is 0 Å². The quantitative estimate of drug-likeness (QED) is 0.796. The van der Waals surface area contributed by atoms with E-state index in [9.17, 15) is 0 Å². The van der Waals surface area contributed by atoms with Crippen molar-refractivity contribution >= 4 is 0 Å². The minimum absolute atomic E-state index is 0.492. The van der Waals surface area contributed by atoms with Gasteiger partial charge >= 0.3 is 0 Å². The van der Waals surface area contributed by atoms with E-state index in [1.54, 1.807) is 0 Å². The molecule has 1 heterocycles. The Labute approximate surface area is 107 Å². The molecule has 0 amide bonds. The molecule has 0 aromatic carbocycles. The topological polar surface area (TPSA) is 15.3 Å². The minimum Gasteiger partial charge on any atom is -0.317 e. The van der Waals surface area contributed by atoms with Gasteiger partial charge in [0.25, 0.3) is 0 Å². The average molecular weight is 238 g/mol. The van der Waals surface area contributed by atoms with Crippen molar-refractivity contribution in [2.75, 3.05) is 20.1 Å². The van der Waals surface area contributed by atoms with Gasteiger partial charge < -0.3 is 10.2 Å². The van der Waals surface area contributed by atoms with Crippen molar-refractivity contribution in [2.45, 2.75) is 65.0 Å². The van der Waals surface area contributed by atoms with Gasteiger partial charge in [0.05, 0.1) is 0 Å². The Balaban J connectivity index is 1.87. The summed E-state index contributed by atoms with van der Waals surface area (Å²) < 4.78 is 0. The lowest BCUT2D eigenvalue weighted by molar-refractivity contribution is 0.150. The van der Waals surface area contributed by atoms with Gasteiger partial charge in [-0.2, -0.15) is 0 Å². The highest BCUT2D eigenvalue weighted by Gasteiger charge is 2.36. The first kappa shape index (κ1) is 13.4. The van der Waals surface area contributed by atoms with Crippen molar-refractivity contribution in [1.82, 2.24) is 10.2 Å². The van der Waals surface area contributed by atoms with Crippen molar-refractivity contribution in [1.29, 1.82) is 0 Å². The standard InChI is InChI=1S/C15H30N2/c1-15(2,3)12-8-9-17(11-12)14-7-5-6-13(10-14)16-4/h12-14,16H,5-11H2,1-4H3. The van der Waals surface area contributed by atoms with Gasteiger partial charge in [-0.15, -0.1) is 0 Å². The lowest BCUT2D eigenvalue weighted by Gasteiger charge is -2.36. The molecule has 1 aliphatic heterocycles. The van der Waals surface area contributed by atoms with E-state index in [-0.39, 0.29) is 0 Å². The van der Waals surface area contributed by atoms with Crippen LogP contribution in [0.4, 0.5) is 0 Å². The molecule has 2 rings (SSSR count). The summed E-state index contributed by atoms with van der Waals surface area (Å²) in [5.41, 5.74) is 0.492. The number of hydrogen-bond acceptors (Lipinski definition) is 2. The zero-order chi connectivity index (χ0) is 12.5. The van der Waals surface area contributed by atoms with E-state index in [2.05, 4.69) is 38.0 Å². The Kier molecular flexibility index (Phi) is 4.14. The number of hydrogen-bond donors (Lipinski definition) is 1. The zero-order valence-corrected chi connectivity index (χ0v) is 12.1. The molecule has 3 atom stereocenters. The second kappa shape index (κ2) is 5.27. The number of rotatable bonds is 2. The van der Waals surface area contributed by atoms with Crippen LogP contribution in [0, 0.1) is 11.3 Å². The molecule has 0 bridgehead atoms. The Morgan fingerprint density at radius 1 is 1.12 bits per heavy atom. The minimum atomic E-state index is 0.492. The van der Waals surface area contributed by atoms with Gasteiger partial charge in [-0.1, -0.05) is 27.2 Å². The molecule has 0 aromatic heterocycles. The van der Waals surface area contributed by atoms with E-state index >= 15 is 0 Å². The molecule has 0 aromatic rings. The Hall–Kier alpha value is -0.0800. The molecule has 1 saturated carbocycles. The molecule has 17 heavy (non-hydrogen) atoms. The zero-order valence-electron chi connectivity index (χ0n) is 12.1. The molecule has 2 nitrogen and oxygen atoms in total. The van der Waals surface area contributed by atoms with Crippen LogP contribution in [-0.4, -0.2) is 37.1 Å². The van der Waals surface area contributed by atoms with Gasteiger partial charge in [0.1, 0.15) is 0 Å². The van der Waals surface area contributed by atoms with Crippen LogP contribution in [0.25, 0.3) is 0 Å². The predicted octanol–water partition coefficient (Wildman–Crippen LogP) is 2.89. The first-order valence-electron chi connectivity index (χ1n) is 7.42. The van der Waals surface area contributed by atoms with Crippen LogP contribution < -0.4 is 5.32 Å². The molecule has 0 spiro atoms. The maximum Gasteiger partial charge on any atom is 0.0110 e. The van der Waals surface area contributed by atoms with E-state index in [0.29, 0.717) is 5.41 Å². The summed E-state index contributed by atoms with van der Waals surface area (Å²) in [7, 11) is 2.12. The van der Waals surface area contributed by atoms with Crippen molar-refractivity contribution < 1.29 is 0 Å². The van der Waals surface area contributed by atoms with Crippen LogP contribution in [0.3, 0.4) is 0 Å². The molecule has 1 aliphatic carbocycles. The predicted molar refractivity (Wildman–Crippen MR) is 74.2 cm³/mol. The monoisotopic (exact) mass is 238 g/mol. The molecule has 1 N–H and O–H groups in total. The smallest absolute Gasteiger partial charge is 0.0110 e. The maximum atomic E-state index is 3.47.